The number of nitrogens with zero attached hydrogens (tertiary/aromatic N) is 2. The third-order valence-corrected chi connectivity index (χ3v) is 1.98. The lowest BCUT2D eigenvalue weighted by atomic mass is 10.3. The molecule has 0 radical (unpaired) electrons. The molecule has 0 N–H and O–H groups in total. The fourth-order valence-electron chi connectivity index (χ4n) is 0.933. The Morgan fingerprint density at radius 3 is 2.64 bits per heavy atom. The molecule has 1 amide bonds. The van der Waals surface area contributed by atoms with Crippen LogP contribution in [0.4, 0.5) is 0 Å². The molecule has 5 heteroatoms. The topological polar surface area (TPSA) is 33.3 Å². The third-order valence-electron chi connectivity index (χ3n) is 1.45. The van der Waals surface area contributed by atoms with Gasteiger partial charge in [-0.15, -0.1) is 0 Å². The fraction of sp³-hybridized carbons (Fsp3) is 0.333. The maximum atomic E-state index is 11.4. The van der Waals surface area contributed by atoms with Crippen LogP contribution in [-0.4, -0.2) is 18.4 Å². The van der Waals surface area contributed by atoms with Crippen molar-refractivity contribution in [1.29, 1.82) is 0 Å². The van der Waals surface area contributed by atoms with Crippen LogP contribution >= 0.6 is 0 Å². The van der Waals surface area contributed by atoms with Crippen molar-refractivity contribution in [2.45, 2.75) is 0 Å². The van der Waals surface area contributed by atoms with Gasteiger partial charge < -0.3 is 24.0 Å². The van der Waals surface area contributed by atoms with E-state index in [1.807, 2.05) is 36.4 Å². The van der Waals surface area contributed by atoms with Crippen LogP contribution in [0.3, 0.4) is 0 Å². The largest absolute Gasteiger partial charge is 1.00 e. The summed E-state index contributed by atoms with van der Waals surface area (Å²) in [6.45, 7) is 0. The van der Waals surface area contributed by atoms with Crippen LogP contribution in [-0.2, 0) is 17.7 Å². The average Bonchev–Trinajstić information content (AvgIpc) is 2.03. The number of halogens is 1. The predicted molar refractivity (Wildman–Crippen MR) is 53.6 cm³/mol. The van der Waals surface area contributed by atoms with E-state index in [1.165, 1.54) is 0 Å². The van der Waals surface area contributed by atoms with Gasteiger partial charge in [0.2, 0.25) is 0 Å². The number of carbonyl (C=O) groups excluding carboxylic acids is 1. The van der Waals surface area contributed by atoms with E-state index in [2.05, 4.69) is 4.36 Å². The molecule has 0 aliphatic heterocycles. The van der Waals surface area contributed by atoms with Gasteiger partial charge in [-0.3, -0.25) is 4.79 Å². The Kier molecular flexibility index (Phi) is 6.10. The number of pyridine rings is 1. The minimum Gasteiger partial charge on any atom is -1.00 e. The van der Waals surface area contributed by atoms with Gasteiger partial charge in [0.25, 0.3) is 5.91 Å². The first-order chi connectivity index (χ1) is 6.09. The Balaban J connectivity index is 0.00000169. The molecule has 0 unspecified atom stereocenters. The second-order valence-electron chi connectivity index (χ2n) is 2.93. The highest BCUT2D eigenvalue weighted by Crippen LogP contribution is 1.97. The zero-order chi connectivity index (χ0) is 9.84. The SMILES string of the molecule is C[n+]1cccc(C(=O)N=S(C)C)c1.[I-]. The monoisotopic (exact) mass is 324 g/mol. The number of aromatic nitrogens is 1. The predicted octanol–water partition coefficient (Wildman–Crippen LogP) is -2.28. The van der Waals surface area contributed by atoms with Gasteiger partial charge in [-0.1, -0.05) is 10.7 Å². The maximum absolute atomic E-state index is 11.4. The second kappa shape index (κ2) is 6.23. The summed E-state index contributed by atoms with van der Waals surface area (Å²) in [5.74, 6) is -0.135. The highest BCUT2D eigenvalue weighted by molar-refractivity contribution is 7.86. The molecule has 0 atom stereocenters. The van der Waals surface area contributed by atoms with Gasteiger partial charge in [0, 0.05) is 6.07 Å². The van der Waals surface area contributed by atoms with Crippen LogP contribution < -0.4 is 28.5 Å². The van der Waals surface area contributed by atoms with Crippen LogP contribution in [0.1, 0.15) is 10.4 Å². The molecule has 0 aliphatic carbocycles. The van der Waals surface area contributed by atoms with E-state index in [1.54, 1.807) is 12.3 Å². The molecule has 1 rings (SSSR count). The Morgan fingerprint density at radius 1 is 1.50 bits per heavy atom. The summed E-state index contributed by atoms with van der Waals surface area (Å²) >= 11 is 0. The first-order valence-corrected chi connectivity index (χ1v) is 5.88. The molecule has 78 valence electrons. The number of rotatable bonds is 1. The lowest BCUT2D eigenvalue weighted by Gasteiger charge is -1.93. The molecule has 0 bridgehead atoms. The van der Waals surface area contributed by atoms with Gasteiger partial charge in [-0.25, -0.2) is 4.57 Å². The third kappa shape index (κ3) is 4.28. The minimum atomic E-state index is -0.187. The summed E-state index contributed by atoms with van der Waals surface area (Å²) < 4.78 is 5.80. The highest BCUT2D eigenvalue weighted by Gasteiger charge is 2.06. The fourth-order valence-corrected chi connectivity index (χ4v) is 1.37. The first-order valence-electron chi connectivity index (χ1n) is 3.88. The van der Waals surface area contributed by atoms with Crippen molar-refractivity contribution in [3.8, 4) is 0 Å². The normalized spacial score (nSPS) is 9.43. The lowest BCUT2D eigenvalue weighted by Crippen LogP contribution is -3.00. The summed E-state index contributed by atoms with van der Waals surface area (Å²) in [6, 6.07) is 3.62. The second-order valence-corrected chi connectivity index (χ2v) is 4.66. The summed E-state index contributed by atoms with van der Waals surface area (Å²) in [6.07, 6.45) is 7.49. The molecule has 0 aliphatic rings. The van der Waals surface area contributed by atoms with Crippen molar-refractivity contribution in [3.05, 3.63) is 30.1 Å². The van der Waals surface area contributed by atoms with Crippen molar-refractivity contribution in [2.75, 3.05) is 12.5 Å². The first kappa shape index (κ1) is 13.7. The maximum Gasteiger partial charge on any atom is 0.288 e. The van der Waals surface area contributed by atoms with E-state index >= 15 is 0 Å². The van der Waals surface area contributed by atoms with E-state index < -0.39 is 0 Å². The molecule has 1 aromatic heterocycles. The highest BCUT2D eigenvalue weighted by atomic mass is 127. The Hall–Kier alpha value is -0.300. The molecule has 1 heterocycles. The Labute approximate surface area is 104 Å². The van der Waals surface area contributed by atoms with Crippen molar-refractivity contribution in [1.82, 2.24) is 0 Å². The van der Waals surface area contributed by atoms with Crippen LogP contribution in [0.15, 0.2) is 28.9 Å². The Morgan fingerprint density at radius 2 is 2.14 bits per heavy atom. The molecular formula is C9H13IN2OS. The number of amides is 1. The smallest absolute Gasteiger partial charge is 0.288 e. The summed E-state index contributed by atoms with van der Waals surface area (Å²) in [4.78, 5) is 11.4. The number of hydrogen-bond acceptors (Lipinski definition) is 1. The summed E-state index contributed by atoms with van der Waals surface area (Å²) in [5.41, 5.74) is 0.645. The van der Waals surface area contributed by atoms with Gasteiger partial charge in [-0.05, 0) is 18.6 Å². The van der Waals surface area contributed by atoms with Gasteiger partial charge >= 0.3 is 0 Å². The standard InChI is InChI=1S/C9H13N2OS.HI/c1-11-6-4-5-8(7-11)9(12)10-13(2)3;/h4-7H,1-3H3;1H/q+1;/p-1. The van der Waals surface area contributed by atoms with E-state index in [4.69, 9.17) is 0 Å². The van der Waals surface area contributed by atoms with E-state index in [9.17, 15) is 4.79 Å². The molecular weight excluding hydrogens is 311 g/mol. The molecule has 0 saturated carbocycles. The van der Waals surface area contributed by atoms with Crippen LogP contribution in [0.25, 0.3) is 0 Å². The van der Waals surface area contributed by atoms with Gasteiger partial charge in [0.15, 0.2) is 12.4 Å². The number of hydrogen-bond donors (Lipinski definition) is 0. The van der Waals surface area contributed by atoms with Gasteiger partial charge in [0.05, 0.1) is 0 Å². The zero-order valence-electron chi connectivity index (χ0n) is 8.40. The van der Waals surface area contributed by atoms with Crippen LogP contribution in [0.2, 0.25) is 0 Å². The summed E-state index contributed by atoms with van der Waals surface area (Å²) in [7, 11) is 1.70. The van der Waals surface area contributed by atoms with Crippen molar-refractivity contribution >= 4 is 16.6 Å². The molecule has 0 spiro atoms. The van der Waals surface area contributed by atoms with Crippen molar-refractivity contribution < 1.29 is 33.3 Å². The van der Waals surface area contributed by atoms with Crippen LogP contribution in [0.5, 0.6) is 0 Å². The number of aryl methyl sites for hydroxylation is 1. The lowest BCUT2D eigenvalue weighted by molar-refractivity contribution is -0.671. The molecule has 3 nitrogen and oxygen atoms in total. The number of carbonyl (C=O) groups is 1. The molecule has 0 saturated heterocycles. The van der Waals surface area contributed by atoms with Gasteiger partial charge in [0.1, 0.15) is 12.6 Å². The molecule has 0 fully saturated rings. The molecule has 0 aromatic carbocycles. The summed E-state index contributed by atoms with van der Waals surface area (Å²) in [5, 5.41) is 0. The van der Waals surface area contributed by atoms with E-state index in [0.29, 0.717) is 5.56 Å². The molecule has 14 heavy (non-hydrogen) atoms. The zero-order valence-corrected chi connectivity index (χ0v) is 11.4. The minimum absolute atomic E-state index is 0. The molecule has 1 aromatic rings. The van der Waals surface area contributed by atoms with E-state index in [0.717, 1.165) is 0 Å². The van der Waals surface area contributed by atoms with Crippen molar-refractivity contribution in [3.63, 3.8) is 0 Å². The van der Waals surface area contributed by atoms with Crippen LogP contribution in [0, 0.1) is 0 Å². The quantitative estimate of drug-likeness (QED) is 0.423. The van der Waals surface area contributed by atoms with Crippen molar-refractivity contribution in [2.24, 2.45) is 11.4 Å². The Bertz CT molecular complexity index is 362. The van der Waals surface area contributed by atoms with E-state index in [-0.39, 0.29) is 40.6 Å². The van der Waals surface area contributed by atoms with Gasteiger partial charge in [-0.2, -0.15) is 4.36 Å². The average molecular weight is 324 g/mol.